The quantitative estimate of drug-likeness (QED) is 0.221. The Bertz CT molecular complexity index is 1460. The molecular formula is C28H30F3N7O2. The van der Waals surface area contributed by atoms with E-state index in [1.807, 2.05) is 19.9 Å². The fraction of sp³-hybridized carbons (Fsp3) is 0.250. The van der Waals surface area contributed by atoms with Crippen LogP contribution in [0.25, 0.3) is 5.70 Å². The number of ether oxygens (including phenoxy) is 1. The zero-order valence-electron chi connectivity index (χ0n) is 22.4. The van der Waals surface area contributed by atoms with Crippen molar-refractivity contribution in [1.82, 2.24) is 10.3 Å². The molecule has 0 aliphatic heterocycles. The van der Waals surface area contributed by atoms with Gasteiger partial charge in [-0.1, -0.05) is 19.9 Å². The van der Waals surface area contributed by atoms with E-state index < -0.39 is 17.6 Å². The number of hydrazine groups is 1. The standard InChI is InChI=1S/C28H30F3N7O2/c1-16(2)36-14-21-8-22(28(29,30)31)10-24(26(21)40-4)37-27(39)19-6-5-17(3)25(9-19)38(34)15-23(33)20-7-18(11-32)12-35-13-20/h5-10,12-13,15-16,36H,14,33-34H2,1-4H3,(H,37,39)/b23-15-. The summed E-state index contributed by atoms with van der Waals surface area (Å²) < 4.78 is 46.4. The molecule has 3 rings (SSSR count). The number of alkyl halides is 3. The fourth-order valence-corrected chi connectivity index (χ4v) is 3.81. The summed E-state index contributed by atoms with van der Waals surface area (Å²) in [5.74, 6) is 5.67. The SMILES string of the molecule is COc1c(CNC(C)C)cc(C(F)(F)F)cc1NC(=O)c1ccc(C)c(N(N)/C=C(\N)c2cncc(C#N)c2)c1. The molecule has 0 saturated carbocycles. The zero-order chi connectivity index (χ0) is 29.6. The molecular weight excluding hydrogens is 523 g/mol. The highest BCUT2D eigenvalue weighted by Gasteiger charge is 2.33. The van der Waals surface area contributed by atoms with Gasteiger partial charge in [0.25, 0.3) is 5.91 Å². The van der Waals surface area contributed by atoms with Gasteiger partial charge in [0.2, 0.25) is 0 Å². The number of pyridine rings is 1. The summed E-state index contributed by atoms with van der Waals surface area (Å²) in [6.07, 6.45) is -0.354. The molecule has 210 valence electrons. The van der Waals surface area contributed by atoms with Crippen LogP contribution < -0.4 is 32.0 Å². The van der Waals surface area contributed by atoms with Gasteiger partial charge in [-0.25, -0.2) is 5.84 Å². The van der Waals surface area contributed by atoms with Gasteiger partial charge in [-0.3, -0.25) is 14.8 Å². The van der Waals surface area contributed by atoms with Crippen molar-refractivity contribution < 1.29 is 22.7 Å². The molecule has 40 heavy (non-hydrogen) atoms. The van der Waals surface area contributed by atoms with Crippen molar-refractivity contribution >= 4 is 23.0 Å². The molecule has 12 heteroatoms. The summed E-state index contributed by atoms with van der Waals surface area (Å²) in [6.45, 7) is 5.59. The van der Waals surface area contributed by atoms with Crippen LogP contribution in [-0.4, -0.2) is 24.0 Å². The first-order valence-corrected chi connectivity index (χ1v) is 12.1. The summed E-state index contributed by atoms with van der Waals surface area (Å²) in [4.78, 5) is 17.2. The highest BCUT2D eigenvalue weighted by molar-refractivity contribution is 6.06. The average molecular weight is 554 g/mol. The van der Waals surface area contributed by atoms with Crippen LogP contribution >= 0.6 is 0 Å². The molecule has 0 unspecified atom stereocenters. The van der Waals surface area contributed by atoms with Crippen LogP contribution in [0.4, 0.5) is 24.5 Å². The van der Waals surface area contributed by atoms with Gasteiger partial charge in [0.05, 0.1) is 35.3 Å². The van der Waals surface area contributed by atoms with Crippen molar-refractivity contribution in [2.24, 2.45) is 11.6 Å². The number of amides is 1. The Hall–Kier alpha value is -4.60. The van der Waals surface area contributed by atoms with Crippen LogP contribution in [0.5, 0.6) is 5.75 Å². The predicted molar refractivity (Wildman–Crippen MR) is 147 cm³/mol. The van der Waals surface area contributed by atoms with E-state index in [0.29, 0.717) is 22.4 Å². The van der Waals surface area contributed by atoms with Gasteiger partial charge >= 0.3 is 6.18 Å². The highest BCUT2D eigenvalue weighted by Crippen LogP contribution is 2.38. The van der Waals surface area contributed by atoms with Crippen LogP contribution in [0.3, 0.4) is 0 Å². The molecule has 0 atom stereocenters. The second-order valence-electron chi connectivity index (χ2n) is 9.27. The number of hydrogen-bond donors (Lipinski definition) is 4. The van der Waals surface area contributed by atoms with E-state index in [1.165, 1.54) is 42.8 Å². The molecule has 0 aliphatic rings. The second-order valence-corrected chi connectivity index (χ2v) is 9.27. The van der Waals surface area contributed by atoms with Gasteiger partial charge < -0.3 is 21.1 Å². The van der Waals surface area contributed by atoms with Gasteiger partial charge in [-0.05, 0) is 42.8 Å². The van der Waals surface area contributed by atoms with E-state index in [4.69, 9.17) is 21.6 Å². The molecule has 2 aromatic carbocycles. The van der Waals surface area contributed by atoms with E-state index in [2.05, 4.69) is 15.6 Å². The molecule has 1 aromatic heterocycles. The minimum Gasteiger partial charge on any atom is -0.494 e. The third kappa shape index (κ3) is 7.28. The maximum Gasteiger partial charge on any atom is 0.416 e. The largest absolute Gasteiger partial charge is 0.494 e. The Labute approximate surface area is 230 Å². The number of nitriles is 1. The first kappa shape index (κ1) is 29.9. The van der Waals surface area contributed by atoms with Crippen molar-refractivity contribution in [1.29, 1.82) is 5.26 Å². The Kier molecular flexibility index (Phi) is 9.36. The summed E-state index contributed by atoms with van der Waals surface area (Å²) in [5, 5.41) is 15.9. The minimum atomic E-state index is -4.63. The van der Waals surface area contributed by atoms with Crippen molar-refractivity contribution in [3.8, 4) is 11.8 Å². The van der Waals surface area contributed by atoms with Gasteiger partial charge in [0.1, 0.15) is 11.8 Å². The number of carbonyl (C=O) groups is 1. The number of nitrogens with one attached hydrogen (secondary N) is 2. The lowest BCUT2D eigenvalue weighted by Gasteiger charge is -2.20. The normalized spacial score (nSPS) is 11.8. The molecule has 1 amide bonds. The number of anilines is 2. The number of halogens is 3. The summed E-state index contributed by atoms with van der Waals surface area (Å²) >= 11 is 0. The molecule has 0 saturated heterocycles. The van der Waals surface area contributed by atoms with Crippen molar-refractivity contribution in [3.63, 3.8) is 0 Å². The number of rotatable bonds is 9. The van der Waals surface area contributed by atoms with Gasteiger partial charge in [-0.15, -0.1) is 0 Å². The third-order valence-electron chi connectivity index (χ3n) is 5.87. The average Bonchev–Trinajstić information content (AvgIpc) is 2.91. The first-order valence-electron chi connectivity index (χ1n) is 12.1. The third-order valence-corrected chi connectivity index (χ3v) is 5.87. The molecule has 1 heterocycles. The lowest BCUT2D eigenvalue weighted by molar-refractivity contribution is -0.137. The van der Waals surface area contributed by atoms with Crippen molar-refractivity contribution in [2.45, 2.75) is 39.5 Å². The Morgan fingerprint density at radius 3 is 2.55 bits per heavy atom. The van der Waals surface area contributed by atoms with E-state index in [-0.39, 0.29) is 40.8 Å². The molecule has 0 aliphatic carbocycles. The number of methoxy groups -OCH3 is 1. The molecule has 0 spiro atoms. The number of nitrogens with two attached hydrogens (primary N) is 2. The number of carbonyl (C=O) groups excluding carboxylic acids is 1. The van der Waals surface area contributed by atoms with Crippen LogP contribution in [0.15, 0.2) is 55.0 Å². The van der Waals surface area contributed by atoms with E-state index in [1.54, 1.807) is 19.1 Å². The van der Waals surface area contributed by atoms with E-state index >= 15 is 0 Å². The topological polar surface area (TPSA) is 142 Å². The summed E-state index contributed by atoms with van der Waals surface area (Å²) in [7, 11) is 1.33. The second kappa shape index (κ2) is 12.5. The number of benzene rings is 2. The molecule has 0 fully saturated rings. The molecule has 0 radical (unpaired) electrons. The number of nitrogens with zero attached hydrogens (tertiary/aromatic N) is 3. The molecule has 9 nitrogen and oxygen atoms in total. The van der Waals surface area contributed by atoms with Gasteiger partial charge in [-0.2, -0.15) is 18.4 Å². The van der Waals surface area contributed by atoms with Gasteiger partial charge in [0, 0.05) is 47.9 Å². The number of aromatic nitrogens is 1. The summed E-state index contributed by atoms with van der Waals surface area (Å²) in [5.41, 5.74) is 7.61. The first-order chi connectivity index (χ1) is 18.8. The zero-order valence-corrected chi connectivity index (χ0v) is 22.4. The van der Waals surface area contributed by atoms with Crippen LogP contribution in [0.2, 0.25) is 0 Å². The number of aryl methyl sites for hydroxylation is 1. The number of hydrogen-bond acceptors (Lipinski definition) is 8. The Balaban J connectivity index is 1.95. The minimum absolute atomic E-state index is 0.0112. The van der Waals surface area contributed by atoms with Crippen molar-refractivity contribution in [2.75, 3.05) is 17.4 Å². The van der Waals surface area contributed by atoms with Crippen LogP contribution in [-0.2, 0) is 12.7 Å². The van der Waals surface area contributed by atoms with Crippen molar-refractivity contribution in [3.05, 3.63) is 88.4 Å². The monoisotopic (exact) mass is 553 g/mol. The smallest absolute Gasteiger partial charge is 0.416 e. The molecule has 0 bridgehead atoms. The fourth-order valence-electron chi connectivity index (χ4n) is 3.81. The molecule has 3 aromatic rings. The maximum atomic E-state index is 13.7. The van der Waals surface area contributed by atoms with Crippen LogP contribution in [0, 0.1) is 18.3 Å². The predicted octanol–water partition coefficient (Wildman–Crippen LogP) is 4.68. The van der Waals surface area contributed by atoms with E-state index in [0.717, 1.165) is 12.1 Å². The lowest BCUT2D eigenvalue weighted by Crippen LogP contribution is -2.27. The Morgan fingerprint density at radius 1 is 1.20 bits per heavy atom. The maximum absolute atomic E-state index is 13.7. The Morgan fingerprint density at radius 2 is 1.93 bits per heavy atom. The van der Waals surface area contributed by atoms with E-state index in [9.17, 15) is 18.0 Å². The highest BCUT2D eigenvalue weighted by atomic mass is 19.4. The molecule has 6 N–H and O–H groups in total. The van der Waals surface area contributed by atoms with Crippen LogP contribution in [0.1, 0.15) is 52.0 Å². The van der Waals surface area contributed by atoms with Gasteiger partial charge in [0.15, 0.2) is 0 Å². The summed E-state index contributed by atoms with van der Waals surface area (Å²) in [6, 6.07) is 10.0. The lowest BCUT2D eigenvalue weighted by atomic mass is 10.1.